The number of rotatable bonds is 4. The van der Waals surface area contributed by atoms with Crippen molar-refractivity contribution in [3.63, 3.8) is 0 Å². The van der Waals surface area contributed by atoms with Gasteiger partial charge in [0.1, 0.15) is 0 Å². The third-order valence-corrected chi connectivity index (χ3v) is 2.96. The second-order valence-electron chi connectivity index (χ2n) is 2.46. The van der Waals surface area contributed by atoms with Gasteiger partial charge < -0.3 is 0 Å². The van der Waals surface area contributed by atoms with Crippen LogP contribution in [0.5, 0.6) is 0 Å². The van der Waals surface area contributed by atoms with Crippen LogP contribution in [-0.2, 0) is 10.8 Å². The molecule has 68 valence electrons. The van der Waals surface area contributed by atoms with Crippen LogP contribution in [0, 0.1) is 0 Å². The van der Waals surface area contributed by atoms with Crippen LogP contribution < -0.4 is 0 Å². The van der Waals surface area contributed by atoms with E-state index in [1.807, 2.05) is 0 Å². The topological polar surface area (TPSA) is 34.1 Å². The molecule has 0 saturated heterocycles. The molecule has 2 nitrogen and oxygen atoms in total. The number of hydrogen-bond acceptors (Lipinski definition) is 2. The van der Waals surface area contributed by atoms with E-state index in [9.17, 15) is 9.00 Å². The van der Waals surface area contributed by atoms with Crippen LogP contribution in [0.2, 0.25) is 0 Å². The maximum absolute atomic E-state index is 11.5. The van der Waals surface area contributed by atoms with E-state index in [1.165, 1.54) is 0 Å². The van der Waals surface area contributed by atoms with Gasteiger partial charge in [-0.25, -0.2) is 0 Å². The van der Waals surface area contributed by atoms with E-state index in [1.54, 1.807) is 30.3 Å². The summed E-state index contributed by atoms with van der Waals surface area (Å²) in [6, 6.07) is 6.87. The standard InChI is InChI=1S/C10H10O2S/c1-2-7-13(12)10-6-4-3-5-9(10)8-11/h2-6,8H,1,7H2. The minimum atomic E-state index is -1.14. The summed E-state index contributed by atoms with van der Waals surface area (Å²) in [6.45, 7) is 3.50. The number of aldehydes is 1. The molecule has 1 aromatic rings. The molecule has 1 rings (SSSR count). The van der Waals surface area contributed by atoms with E-state index in [2.05, 4.69) is 6.58 Å². The Kier molecular flexibility index (Phi) is 3.58. The fraction of sp³-hybridized carbons (Fsp3) is 0.100. The zero-order chi connectivity index (χ0) is 9.68. The predicted molar refractivity (Wildman–Crippen MR) is 53.3 cm³/mol. The van der Waals surface area contributed by atoms with Gasteiger partial charge in [-0.05, 0) is 6.07 Å². The van der Waals surface area contributed by atoms with Gasteiger partial charge in [0.2, 0.25) is 0 Å². The summed E-state index contributed by atoms with van der Waals surface area (Å²) in [4.78, 5) is 11.2. The molecule has 3 heteroatoms. The zero-order valence-corrected chi connectivity index (χ0v) is 7.92. The first kappa shape index (κ1) is 9.86. The first-order chi connectivity index (χ1) is 6.29. The summed E-state index contributed by atoms with van der Waals surface area (Å²) < 4.78 is 11.5. The Morgan fingerprint density at radius 2 is 2.08 bits per heavy atom. The largest absolute Gasteiger partial charge is 0.298 e. The van der Waals surface area contributed by atoms with Crippen LogP contribution >= 0.6 is 0 Å². The van der Waals surface area contributed by atoms with Crippen LogP contribution in [0.15, 0.2) is 41.8 Å². The maximum Gasteiger partial charge on any atom is 0.151 e. The molecule has 0 fully saturated rings. The van der Waals surface area contributed by atoms with Gasteiger partial charge in [0.05, 0.1) is 10.8 Å². The molecule has 13 heavy (non-hydrogen) atoms. The molecule has 0 aromatic heterocycles. The summed E-state index contributed by atoms with van der Waals surface area (Å²) in [5.74, 6) is 0.380. The lowest BCUT2D eigenvalue weighted by Crippen LogP contribution is -1.99. The lowest BCUT2D eigenvalue weighted by Gasteiger charge is -2.01. The monoisotopic (exact) mass is 194 g/mol. The molecular weight excluding hydrogens is 184 g/mol. The van der Waals surface area contributed by atoms with Gasteiger partial charge in [-0.15, -0.1) is 6.58 Å². The highest BCUT2D eigenvalue weighted by Gasteiger charge is 2.05. The van der Waals surface area contributed by atoms with E-state index in [0.717, 1.165) is 6.29 Å². The summed E-state index contributed by atoms with van der Waals surface area (Å²) >= 11 is 0. The Morgan fingerprint density at radius 3 is 2.69 bits per heavy atom. The third kappa shape index (κ3) is 2.36. The van der Waals surface area contributed by atoms with Crippen molar-refractivity contribution in [3.05, 3.63) is 42.5 Å². The molecule has 0 aliphatic heterocycles. The number of hydrogen-bond donors (Lipinski definition) is 0. The van der Waals surface area contributed by atoms with E-state index in [0.29, 0.717) is 16.2 Å². The van der Waals surface area contributed by atoms with Gasteiger partial charge in [0, 0.05) is 16.2 Å². The molecule has 0 aliphatic carbocycles. The Bertz CT molecular complexity index is 345. The van der Waals surface area contributed by atoms with Crippen molar-refractivity contribution in [3.8, 4) is 0 Å². The zero-order valence-electron chi connectivity index (χ0n) is 7.10. The summed E-state index contributed by atoms with van der Waals surface area (Å²) in [7, 11) is -1.14. The molecule has 1 unspecified atom stereocenters. The highest BCUT2D eigenvalue weighted by Crippen LogP contribution is 2.11. The molecule has 0 radical (unpaired) electrons. The van der Waals surface area contributed by atoms with Crippen molar-refractivity contribution < 1.29 is 9.00 Å². The fourth-order valence-electron chi connectivity index (χ4n) is 0.982. The van der Waals surface area contributed by atoms with Crippen molar-refractivity contribution in [1.82, 2.24) is 0 Å². The SMILES string of the molecule is C=CCS(=O)c1ccccc1C=O. The highest BCUT2D eigenvalue weighted by molar-refractivity contribution is 7.85. The fourth-order valence-corrected chi connectivity index (χ4v) is 1.99. The van der Waals surface area contributed by atoms with Gasteiger partial charge >= 0.3 is 0 Å². The van der Waals surface area contributed by atoms with Crippen molar-refractivity contribution in [2.24, 2.45) is 0 Å². The van der Waals surface area contributed by atoms with E-state index >= 15 is 0 Å². The normalized spacial score (nSPS) is 12.0. The second kappa shape index (κ2) is 4.72. The van der Waals surface area contributed by atoms with E-state index < -0.39 is 10.8 Å². The molecule has 0 bridgehead atoms. The van der Waals surface area contributed by atoms with Crippen molar-refractivity contribution >= 4 is 17.1 Å². The number of carbonyl (C=O) groups excluding carboxylic acids is 1. The summed E-state index contributed by atoms with van der Waals surface area (Å²) in [5, 5.41) is 0. The molecule has 0 N–H and O–H groups in total. The van der Waals surface area contributed by atoms with E-state index in [-0.39, 0.29) is 0 Å². The minimum Gasteiger partial charge on any atom is -0.298 e. The third-order valence-electron chi connectivity index (χ3n) is 1.56. The van der Waals surface area contributed by atoms with Crippen LogP contribution in [0.4, 0.5) is 0 Å². The number of carbonyl (C=O) groups is 1. The van der Waals surface area contributed by atoms with Gasteiger partial charge in [-0.1, -0.05) is 24.3 Å². The molecule has 0 aliphatic rings. The molecular formula is C10H10O2S. The predicted octanol–water partition coefficient (Wildman–Crippen LogP) is 1.79. The minimum absolute atomic E-state index is 0.380. The van der Waals surface area contributed by atoms with Crippen LogP contribution in [0.1, 0.15) is 10.4 Å². The van der Waals surface area contributed by atoms with Gasteiger partial charge in [0.15, 0.2) is 6.29 Å². The molecule has 0 saturated carbocycles. The maximum atomic E-state index is 11.5. The number of benzene rings is 1. The quantitative estimate of drug-likeness (QED) is 0.541. The van der Waals surface area contributed by atoms with Crippen LogP contribution in [0.3, 0.4) is 0 Å². The summed E-state index contributed by atoms with van der Waals surface area (Å²) in [6.07, 6.45) is 2.30. The van der Waals surface area contributed by atoms with Gasteiger partial charge in [0.25, 0.3) is 0 Å². The molecule has 0 heterocycles. The van der Waals surface area contributed by atoms with Crippen molar-refractivity contribution in [1.29, 1.82) is 0 Å². The molecule has 1 aromatic carbocycles. The first-order valence-electron chi connectivity index (χ1n) is 3.83. The van der Waals surface area contributed by atoms with Crippen molar-refractivity contribution in [2.45, 2.75) is 4.90 Å². The second-order valence-corrected chi connectivity index (χ2v) is 3.92. The Hall–Kier alpha value is -1.22. The Labute approximate surface area is 79.7 Å². The van der Waals surface area contributed by atoms with Crippen LogP contribution in [0.25, 0.3) is 0 Å². The average molecular weight is 194 g/mol. The Balaban J connectivity index is 3.05. The highest BCUT2D eigenvalue weighted by atomic mass is 32.2. The molecule has 1 atom stereocenters. The lowest BCUT2D eigenvalue weighted by atomic mass is 10.2. The first-order valence-corrected chi connectivity index (χ1v) is 5.15. The van der Waals surface area contributed by atoms with Gasteiger partial charge in [-0.3, -0.25) is 9.00 Å². The average Bonchev–Trinajstić information content (AvgIpc) is 2.18. The Morgan fingerprint density at radius 1 is 1.38 bits per heavy atom. The van der Waals surface area contributed by atoms with Crippen molar-refractivity contribution in [2.75, 3.05) is 5.75 Å². The molecule has 0 spiro atoms. The smallest absolute Gasteiger partial charge is 0.151 e. The van der Waals surface area contributed by atoms with Crippen LogP contribution in [-0.4, -0.2) is 16.2 Å². The lowest BCUT2D eigenvalue weighted by molar-refractivity contribution is 0.112. The summed E-state index contributed by atoms with van der Waals surface area (Å²) in [5.41, 5.74) is 0.489. The molecule has 0 amide bonds. The van der Waals surface area contributed by atoms with E-state index in [4.69, 9.17) is 0 Å². The van der Waals surface area contributed by atoms with Gasteiger partial charge in [-0.2, -0.15) is 0 Å².